The van der Waals surface area contributed by atoms with Gasteiger partial charge in [-0.2, -0.15) is 0 Å². The maximum absolute atomic E-state index is 12.4. The van der Waals surface area contributed by atoms with Gasteiger partial charge in [-0.15, -0.1) is 11.8 Å². The van der Waals surface area contributed by atoms with Crippen molar-refractivity contribution in [1.29, 1.82) is 0 Å². The molecule has 2 aromatic carbocycles. The molecule has 0 unspecified atom stereocenters. The highest BCUT2D eigenvalue weighted by molar-refractivity contribution is 8.00. The molecule has 3 aromatic rings. The molecule has 0 spiro atoms. The molecule has 0 atom stereocenters. The molecule has 2 aliphatic heterocycles. The van der Waals surface area contributed by atoms with Gasteiger partial charge < -0.3 is 19.4 Å². The maximum Gasteiger partial charge on any atom is 0.234 e. The van der Waals surface area contributed by atoms with E-state index >= 15 is 0 Å². The minimum absolute atomic E-state index is 0.0370. The molecule has 0 radical (unpaired) electrons. The first kappa shape index (κ1) is 18.4. The molecule has 2 aliphatic rings. The number of nitrogens with zero attached hydrogens (tertiary/aromatic N) is 2. The minimum atomic E-state index is -0.0370. The van der Waals surface area contributed by atoms with Gasteiger partial charge in [0.25, 0.3) is 0 Å². The van der Waals surface area contributed by atoms with Crippen molar-refractivity contribution in [2.75, 3.05) is 24.3 Å². The van der Waals surface area contributed by atoms with Gasteiger partial charge in [-0.3, -0.25) is 4.79 Å². The Morgan fingerprint density at radius 3 is 2.90 bits per heavy atom. The van der Waals surface area contributed by atoms with Gasteiger partial charge in [0.1, 0.15) is 19.0 Å². The molecular formula is C22H23N3O3S. The maximum atomic E-state index is 12.4. The molecule has 29 heavy (non-hydrogen) atoms. The smallest absolute Gasteiger partial charge is 0.234 e. The summed E-state index contributed by atoms with van der Waals surface area (Å²) in [5.41, 5.74) is 2.91. The highest BCUT2D eigenvalue weighted by Gasteiger charge is 2.15. The Kier molecular flexibility index (Phi) is 5.06. The van der Waals surface area contributed by atoms with E-state index in [-0.39, 0.29) is 5.91 Å². The molecule has 1 aromatic heterocycles. The summed E-state index contributed by atoms with van der Waals surface area (Å²) in [4.78, 5) is 18.2. The summed E-state index contributed by atoms with van der Waals surface area (Å²) in [6.07, 6.45) is 4.70. The van der Waals surface area contributed by atoms with Gasteiger partial charge in [-0.05, 0) is 49.2 Å². The highest BCUT2D eigenvalue weighted by atomic mass is 32.2. The summed E-state index contributed by atoms with van der Waals surface area (Å²) in [5, 5.41) is 2.99. The fraction of sp³-hybridized carbons (Fsp3) is 0.364. The number of ether oxygens (including phenoxy) is 2. The second-order valence-electron chi connectivity index (χ2n) is 7.34. The first-order chi connectivity index (χ1) is 14.3. The summed E-state index contributed by atoms with van der Waals surface area (Å²) in [7, 11) is 0. The van der Waals surface area contributed by atoms with E-state index in [1.54, 1.807) is 0 Å². The van der Waals surface area contributed by atoms with Crippen molar-refractivity contribution in [3.63, 3.8) is 0 Å². The van der Waals surface area contributed by atoms with E-state index in [0.29, 0.717) is 19.0 Å². The van der Waals surface area contributed by atoms with Crippen LogP contribution in [0.3, 0.4) is 0 Å². The number of amides is 1. The fourth-order valence-corrected chi connectivity index (χ4v) is 4.61. The lowest BCUT2D eigenvalue weighted by atomic mass is 10.2. The molecule has 0 fully saturated rings. The molecule has 0 aliphatic carbocycles. The molecule has 150 valence electrons. The van der Waals surface area contributed by atoms with Gasteiger partial charge in [0.05, 0.1) is 16.8 Å². The van der Waals surface area contributed by atoms with Gasteiger partial charge >= 0.3 is 0 Å². The van der Waals surface area contributed by atoms with Crippen LogP contribution in [0.15, 0.2) is 41.3 Å². The molecular weight excluding hydrogens is 386 g/mol. The third-order valence-electron chi connectivity index (χ3n) is 5.28. The van der Waals surface area contributed by atoms with Crippen LogP contribution in [0.2, 0.25) is 0 Å². The number of carbonyl (C=O) groups is 1. The Balaban J connectivity index is 1.24. The predicted octanol–water partition coefficient (Wildman–Crippen LogP) is 4.26. The van der Waals surface area contributed by atoms with Crippen LogP contribution in [-0.2, 0) is 17.8 Å². The number of aromatic nitrogens is 2. The lowest BCUT2D eigenvalue weighted by molar-refractivity contribution is -0.113. The van der Waals surface area contributed by atoms with Crippen LogP contribution in [0.25, 0.3) is 11.0 Å². The molecule has 7 heteroatoms. The van der Waals surface area contributed by atoms with Crippen LogP contribution >= 0.6 is 11.8 Å². The van der Waals surface area contributed by atoms with Gasteiger partial charge in [0.15, 0.2) is 11.5 Å². The van der Waals surface area contributed by atoms with E-state index in [2.05, 4.69) is 16.0 Å². The first-order valence-corrected chi connectivity index (χ1v) is 11.1. The Morgan fingerprint density at radius 1 is 1.07 bits per heavy atom. The van der Waals surface area contributed by atoms with Crippen LogP contribution in [0, 0.1) is 0 Å². The normalized spacial score (nSPS) is 15.6. The minimum Gasteiger partial charge on any atom is -0.486 e. The van der Waals surface area contributed by atoms with Crippen molar-refractivity contribution in [3.05, 3.63) is 42.2 Å². The average Bonchev–Trinajstić information content (AvgIpc) is 2.91. The molecule has 0 saturated heterocycles. The number of imidazole rings is 1. The van der Waals surface area contributed by atoms with Crippen molar-refractivity contribution in [2.24, 2.45) is 0 Å². The number of carbonyl (C=O) groups excluding carboxylic acids is 1. The summed E-state index contributed by atoms with van der Waals surface area (Å²) < 4.78 is 13.5. The van der Waals surface area contributed by atoms with Gasteiger partial charge in [-0.25, -0.2) is 4.98 Å². The van der Waals surface area contributed by atoms with Gasteiger partial charge in [0, 0.05) is 23.5 Å². The molecule has 6 nitrogen and oxygen atoms in total. The van der Waals surface area contributed by atoms with Gasteiger partial charge in [0.2, 0.25) is 5.91 Å². The summed E-state index contributed by atoms with van der Waals surface area (Å²) in [6, 6.07) is 11.8. The Bertz CT molecular complexity index is 1060. The van der Waals surface area contributed by atoms with E-state index in [0.717, 1.165) is 51.9 Å². The van der Waals surface area contributed by atoms with E-state index < -0.39 is 0 Å². The summed E-state index contributed by atoms with van der Waals surface area (Å²) >= 11 is 1.48. The molecule has 0 bridgehead atoms. The predicted molar refractivity (Wildman–Crippen MR) is 114 cm³/mol. The molecule has 5 rings (SSSR count). The Morgan fingerprint density at radius 2 is 1.97 bits per heavy atom. The van der Waals surface area contributed by atoms with Crippen LogP contribution < -0.4 is 14.8 Å². The van der Waals surface area contributed by atoms with Crippen LogP contribution in [0.1, 0.15) is 25.1 Å². The number of nitrogens with one attached hydrogen (secondary N) is 1. The van der Waals surface area contributed by atoms with Crippen molar-refractivity contribution in [3.8, 4) is 11.5 Å². The third kappa shape index (κ3) is 3.92. The number of fused-ring (bicyclic) bond motifs is 4. The quantitative estimate of drug-likeness (QED) is 0.652. The average molecular weight is 410 g/mol. The lowest BCUT2D eigenvalue weighted by Crippen LogP contribution is -2.15. The second-order valence-corrected chi connectivity index (χ2v) is 8.38. The van der Waals surface area contributed by atoms with E-state index in [9.17, 15) is 4.79 Å². The number of benzene rings is 2. The second kappa shape index (κ2) is 7.99. The zero-order valence-electron chi connectivity index (χ0n) is 16.1. The number of hydrogen-bond donors (Lipinski definition) is 1. The molecule has 0 saturated carbocycles. The zero-order valence-corrected chi connectivity index (χ0v) is 17.0. The molecule has 1 amide bonds. The zero-order chi connectivity index (χ0) is 19.6. The first-order valence-electron chi connectivity index (χ1n) is 10.1. The molecule has 1 N–H and O–H groups in total. The monoisotopic (exact) mass is 409 g/mol. The fourth-order valence-electron chi connectivity index (χ4n) is 3.89. The van der Waals surface area contributed by atoms with E-state index in [1.807, 2.05) is 30.3 Å². The number of hydrogen-bond acceptors (Lipinski definition) is 5. The van der Waals surface area contributed by atoms with Crippen molar-refractivity contribution >= 4 is 34.4 Å². The number of rotatable bonds is 4. The molecule has 3 heterocycles. The topological polar surface area (TPSA) is 65.4 Å². The number of aryl methyl sites for hydroxylation is 2. The van der Waals surface area contributed by atoms with E-state index in [4.69, 9.17) is 14.5 Å². The Labute approximate surface area is 173 Å². The van der Waals surface area contributed by atoms with Gasteiger partial charge in [-0.1, -0.05) is 6.42 Å². The largest absolute Gasteiger partial charge is 0.486 e. The standard InChI is InChI=1S/C22H23N3O3S/c26-22(14-29-16-6-8-19-20(13-16)28-11-10-27-19)23-15-5-7-18-17(12-15)24-21-4-2-1-3-9-25(18)21/h5-8,12-13H,1-4,9-11,14H2,(H,23,26). The van der Waals surface area contributed by atoms with Crippen LogP contribution in [0.4, 0.5) is 5.69 Å². The van der Waals surface area contributed by atoms with Crippen molar-refractivity contribution < 1.29 is 14.3 Å². The lowest BCUT2D eigenvalue weighted by Gasteiger charge is -2.18. The van der Waals surface area contributed by atoms with Crippen molar-refractivity contribution in [2.45, 2.75) is 37.1 Å². The van der Waals surface area contributed by atoms with Crippen molar-refractivity contribution in [1.82, 2.24) is 9.55 Å². The summed E-state index contributed by atoms with van der Waals surface area (Å²) in [6.45, 7) is 2.16. The van der Waals surface area contributed by atoms with E-state index in [1.165, 1.54) is 31.0 Å². The summed E-state index contributed by atoms with van der Waals surface area (Å²) in [5.74, 6) is 2.96. The SMILES string of the molecule is O=C(CSc1ccc2c(c1)OCCO2)Nc1ccc2c(c1)nc1n2CCCCC1. The highest BCUT2D eigenvalue weighted by Crippen LogP contribution is 2.34. The van der Waals surface area contributed by atoms with Crippen LogP contribution in [-0.4, -0.2) is 34.4 Å². The van der Waals surface area contributed by atoms with Crippen LogP contribution in [0.5, 0.6) is 11.5 Å². The third-order valence-corrected chi connectivity index (χ3v) is 6.27. The number of anilines is 1. The number of thioether (sulfide) groups is 1. The Hall–Kier alpha value is -2.67.